The Bertz CT molecular complexity index is 588. The molecule has 7 nitrogen and oxygen atoms in total. The SMILES string of the molecule is CCOc1ccnc(NCCc2nc(C(=O)O)cs2)n1. The maximum Gasteiger partial charge on any atom is 0.355 e. The van der Waals surface area contributed by atoms with Gasteiger partial charge in [0.05, 0.1) is 11.6 Å². The Balaban J connectivity index is 1.85. The third-order valence-corrected chi connectivity index (χ3v) is 3.22. The minimum atomic E-state index is -1.01. The average Bonchev–Trinajstić information content (AvgIpc) is 2.89. The third kappa shape index (κ3) is 3.89. The van der Waals surface area contributed by atoms with Crippen LogP contribution < -0.4 is 10.1 Å². The number of anilines is 1. The number of carboxylic acids is 1. The van der Waals surface area contributed by atoms with Crippen LogP contribution in [0.4, 0.5) is 5.95 Å². The zero-order valence-corrected chi connectivity index (χ0v) is 11.7. The maximum atomic E-state index is 10.7. The lowest BCUT2D eigenvalue weighted by Gasteiger charge is -2.05. The summed E-state index contributed by atoms with van der Waals surface area (Å²) in [5.74, 6) is -0.00779. The fourth-order valence-corrected chi connectivity index (χ4v) is 2.23. The summed E-state index contributed by atoms with van der Waals surface area (Å²) in [5.41, 5.74) is 0.0830. The molecular weight excluding hydrogens is 280 g/mol. The molecule has 0 aliphatic carbocycles. The second kappa shape index (κ2) is 6.80. The number of aromatic nitrogens is 3. The molecule has 0 amide bonds. The van der Waals surface area contributed by atoms with Crippen molar-refractivity contribution in [1.29, 1.82) is 0 Å². The standard InChI is InChI=1S/C12H14N4O3S/c1-2-19-9-3-5-13-12(16-9)14-6-4-10-15-8(7-20-10)11(17)18/h3,5,7H,2,4,6H2,1H3,(H,17,18)(H,13,14,16). The molecule has 8 heteroatoms. The van der Waals surface area contributed by atoms with Crippen LogP contribution in [-0.2, 0) is 6.42 Å². The second-order valence-corrected chi connectivity index (χ2v) is 4.70. The van der Waals surface area contributed by atoms with Gasteiger partial charge in [0, 0.05) is 30.6 Å². The van der Waals surface area contributed by atoms with Crippen LogP contribution in [-0.4, -0.2) is 39.2 Å². The summed E-state index contributed by atoms with van der Waals surface area (Å²) in [6, 6.07) is 1.69. The molecule has 2 N–H and O–H groups in total. The van der Waals surface area contributed by atoms with Crippen molar-refractivity contribution in [3.63, 3.8) is 0 Å². The number of nitrogens with one attached hydrogen (secondary N) is 1. The fourth-order valence-electron chi connectivity index (χ4n) is 1.46. The van der Waals surface area contributed by atoms with Crippen LogP contribution in [0.5, 0.6) is 5.88 Å². The number of ether oxygens (including phenoxy) is 1. The molecule has 0 atom stereocenters. The Hall–Kier alpha value is -2.22. The smallest absolute Gasteiger partial charge is 0.355 e. The van der Waals surface area contributed by atoms with E-state index in [1.807, 2.05) is 6.92 Å². The van der Waals surface area contributed by atoms with E-state index in [-0.39, 0.29) is 5.69 Å². The van der Waals surface area contributed by atoms with Crippen LogP contribution in [0.1, 0.15) is 22.4 Å². The van der Waals surface area contributed by atoms with Crippen molar-refractivity contribution >= 4 is 23.3 Å². The topological polar surface area (TPSA) is 97.2 Å². The van der Waals surface area contributed by atoms with Crippen LogP contribution in [0, 0.1) is 0 Å². The monoisotopic (exact) mass is 294 g/mol. The normalized spacial score (nSPS) is 10.2. The average molecular weight is 294 g/mol. The van der Waals surface area contributed by atoms with Crippen LogP contribution in [0.15, 0.2) is 17.6 Å². The predicted molar refractivity (Wildman–Crippen MR) is 74.5 cm³/mol. The van der Waals surface area contributed by atoms with Crippen LogP contribution in [0.2, 0.25) is 0 Å². The van der Waals surface area contributed by atoms with Crippen molar-refractivity contribution < 1.29 is 14.6 Å². The largest absolute Gasteiger partial charge is 0.478 e. The molecule has 0 bridgehead atoms. The van der Waals surface area contributed by atoms with Gasteiger partial charge in [0.15, 0.2) is 5.69 Å². The lowest BCUT2D eigenvalue weighted by Crippen LogP contribution is -2.08. The molecule has 2 rings (SSSR count). The lowest BCUT2D eigenvalue weighted by molar-refractivity contribution is 0.0691. The molecule has 0 spiro atoms. The van der Waals surface area contributed by atoms with Gasteiger partial charge in [-0.25, -0.2) is 14.8 Å². The summed E-state index contributed by atoms with van der Waals surface area (Å²) in [4.78, 5) is 22.9. The van der Waals surface area contributed by atoms with Crippen molar-refractivity contribution in [3.8, 4) is 5.88 Å². The van der Waals surface area contributed by atoms with Gasteiger partial charge < -0.3 is 15.2 Å². The first-order valence-corrected chi connectivity index (χ1v) is 6.94. The number of hydrogen-bond acceptors (Lipinski definition) is 7. The summed E-state index contributed by atoms with van der Waals surface area (Å²) >= 11 is 1.33. The van der Waals surface area contributed by atoms with Crippen molar-refractivity contribution in [3.05, 3.63) is 28.3 Å². The number of thiazole rings is 1. The Morgan fingerprint density at radius 2 is 2.35 bits per heavy atom. The summed E-state index contributed by atoms with van der Waals surface area (Å²) in [6.45, 7) is 3.01. The number of carboxylic acid groups (broad SMARTS) is 1. The number of hydrogen-bond donors (Lipinski definition) is 2. The second-order valence-electron chi connectivity index (χ2n) is 3.76. The molecular formula is C12H14N4O3S. The predicted octanol–water partition coefficient (Wildman–Crippen LogP) is 1.68. The van der Waals surface area contributed by atoms with Gasteiger partial charge in [-0.2, -0.15) is 4.98 Å². The Kier molecular flexibility index (Phi) is 4.83. The summed E-state index contributed by atoms with van der Waals surface area (Å²) in [5, 5.41) is 14.1. The minimum absolute atomic E-state index is 0.0830. The van der Waals surface area contributed by atoms with E-state index in [0.717, 1.165) is 5.01 Å². The molecule has 0 aromatic carbocycles. The van der Waals surface area contributed by atoms with E-state index in [2.05, 4.69) is 20.3 Å². The van der Waals surface area contributed by atoms with Gasteiger partial charge in [-0.15, -0.1) is 11.3 Å². The number of nitrogens with zero attached hydrogens (tertiary/aromatic N) is 3. The summed E-state index contributed by atoms with van der Waals surface area (Å²) in [7, 11) is 0. The Morgan fingerprint density at radius 3 is 3.05 bits per heavy atom. The molecule has 2 aromatic rings. The quantitative estimate of drug-likeness (QED) is 0.801. The van der Waals surface area contributed by atoms with Crippen molar-refractivity contribution in [1.82, 2.24) is 15.0 Å². The first kappa shape index (κ1) is 14.2. The van der Waals surface area contributed by atoms with E-state index in [0.29, 0.717) is 31.4 Å². The molecule has 0 unspecified atom stereocenters. The molecule has 0 aliphatic heterocycles. The molecule has 20 heavy (non-hydrogen) atoms. The highest BCUT2D eigenvalue weighted by Crippen LogP contribution is 2.11. The van der Waals surface area contributed by atoms with Crippen LogP contribution in [0.25, 0.3) is 0 Å². The molecule has 0 radical (unpaired) electrons. The van der Waals surface area contributed by atoms with Gasteiger partial charge in [0.25, 0.3) is 0 Å². The molecule has 0 fully saturated rings. The summed E-state index contributed by atoms with van der Waals surface area (Å²) < 4.78 is 5.27. The van der Waals surface area contributed by atoms with Gasteiger partial charge in [-0.05, 0) is 6.92 Å². The zero-order valence-electron chi connectivity index (χ0n) is 10.9. The molecule has 106 valence electrons. The van der Waals surface area contributed by atoms with Gasteiger partial charge >= 0.3 is 5.97 Å². The third-order valence-electron chi connectivity index (χ3n) is 2.32. The molecule has 2 heterocycles. The van der Waals surface area contributed by atoms with Crippen molar-refractivity contribution in [2.75, 3.05) is 18.5 Å². The van der Waals surface area contributed by atoms with Gasteiger partial charge in [0.2, 0.25) is 11.8 Å². The molecule has 0 aliphatic rings. The van der Waals surface area contributed by atoms with E-state index in [1.165, 1.54) is 16.7 Å². The first-order chi connectivity index (χ1) is 9.69. The number of carbonyl (C=O) groups is 1. The van der Waals surface area contributed by atoms with E-state index in [9.17, 15) is 4.79 Å². The summed E-state index contributed by atoms with van der Waals surface area (Å²) in [6.07, 6.45) is 2.23. The minimum Gasteiger partial charge on any atom is -0.478 e. The van der Waals surface area contributed by atoms with Gasteiger partial charge in [-0.1, -0.05) is 0 Å². The molecule has 0 saturated carbocycles. The Morgan fingerprint density at radius 1 is 1.50 bits per heavy atom. The lowest BCUT2D eigenvalue weighted by atomic mass is 10.4. The van der Waals surface area contributed by atoms with E-state index in [1.54, 1.807) is 12.3 Å². The Labute approximate surface area is 119 Å². The number of aromatic carboxylic acids is 1. The molecule has 2 aromatic heterocycles. The highest BCUT2D eigenvalue weighted by Gasteiger charge is 2.08. The molecule has 0 saturated heterocycles. The van der Waals surface area contributed by atoms with Gasteiger partial charge in [0.1, 0.15) is 0 Å². The van der Waals surface area contributed by atoms with Crippen LogP contribution in [0.3, 0.4) is 0 Å². The van der Waals surface area contributed by atoms with E-state index in [4.69, 9.17) is 9.84 Å². The van der Waals surface area contributed by atoms with Gasteiger partial charge in [-0.3, -0.25) is 0 Å². The van der Waals surface area contributed by atoms with E-state index < -0.39 is 5.97 Å². The maximum absolute atomic E-state index is 10.7. The zero-order chi connectivity index (χ0) is 14.4. The van der Waals surface area contributed by atoms with E-state index >= 15 is 0 Å². The highest BCUT2D eigenvalue weighted by molar-refractivity contribution is 7.09. The van der Waals surface area contributed by atoms with Crippen LogP contribution >= 0.6 is 11.3 Å². The fraction of sp³-hybridized carbons (Fsp3) is 0.333. The highest BCUT2D eigenvalue weighted by atomic mass is 32.1. The van der Waals surface area contributed by atoms with Crippen molar-refractivity contribution in [2.45, 2.75) is 13.3 Å². The number of rotatable bonds is 7. The van der Waals surface area contributed by atoms with Crippen molar-refractivity contribution in [2.24, 2.45) is 0 Å². The first-order valence-electron chi connectivity index (χ1n) is 6.06.